The number of aryl methyl sites for hydroxylation is 1. The number of hydrogen-bond acceptors (Lipinski definition) is 4. The van der Waals surface area contributed by atoms with Crippen LogP contribution in [0.4, 0.5) is 0 Å². The Morgan fingerprint density at radius 1 is 1.10 bits per heavy atom. The van der Waals surface area contributed by atoms with E-state index in [0.717, 1.165) is 24.5 Å². The quantitative estimate of drug-likeness (QED) is 0.756. The van der Waals surface area contributed by atoms with Gasteiger partial charge in [0.2, 0.25) is 0 Å². The van der Waals surface area contributed by atoms with Crippen LogP contribution in [0.3, 0.4) is 0 Å². The van der Waals surface area contributed by atoms with Crippen molar-refractivity contribution in [3.63, 3.8) is 0 Å². The van der Waals surface area contributed by atoms with E-state index < -0.39 is 0 Å². The molecule has 0 spiro atoms. The summed E-state index contributed by atoms with van der Waals surface area (Å²) in [5, 5.41) is 9.55. The third-order valence-corrected chi connectivity index (χ3v) is 3.98. The standard InChI is InChI=1S/C16H16N2OS.ClH/c1-12-7-15(18-19-12)9-17-10-16-8-14(11-20-16)13-5-3-2-4-6-13;/h2-8,11,17H,9-10H2,1H3;1H. The highest BCUT2D eigenvalue weighted by Gasteiger charge is 2.03. The molecule has 3 rings (SSSR count). The van der Waals surface area contributed by atoms with E-state index in [0.29, 0.717) is 0 Å². The van der Waals surface area contributed by atoms with Crippen molar-refractivity contribution in [1.82, 2.24) is 10.5 Å². The van der Waals surface area contributed by atoms with Crippen LogP contribution in [0.2, 0.25) is 0 Å². The van der Waals surface area contributed by atoms with Crippen molar-refractivity contribution in [2.45, 2.75) is 20.0 Å². The van der Waals surface area contributed by atoms with Gasteiger partial charge in [-0.2, -0.15) is 0 Å². The van der Waals surface area contributed by atoms with Gasteiger partial charge in [-0.3, -0.25) is 0 Å². The van der Waals surface area contributed by atoms with Gasteiger partial charge in [0, 0.05) is 24.0 Å². The van der Waals surface area contributed by atoms with E-state index in [1.54, 1.807) is 11.3 Å². The normalized spacial score (nSPS) is 10.3. The first-order valence-corrected chi connectivity index (χ1v) is 7.45. The van der Waals surface area contributed by atoms with Crippen LogP contribution < -0.4 is 5.32 Å². The highest BCUT2D eigenvalue weighted by Crippen LogP contribution is 2.25. The third-order valence-electron chi connectivity index (χ3n) is 3.04. The van der Waals surface area contributed by atoms with Gasteiger partial charge in [0.1, 0.15) is 5.76 Å². The summed E-state index contributed by atoms with van der Waals surface area (Å²) in [5.74, 6) is 0.851. The number of aromatic nitrogens is 1. The molecule has 0 aliphatic carbocycles. The van der Waals surface area contributed by atoms with E-state index in [1.165, 1.54) is 16.0 Å². The highest BCUT2D eigenvalue weighted by molar-refractivity contribution is 7.10. The zero-order chi connectivity index (χ0) is 13.8. The molecule has 1 N–H and O–H groups in total. The lowest BCUT2D eigenvalue weighted by Crippen LogP contribution is -2.11. The second kappa shape index (κ2) is 7.41. The van der Waals surface area contributed by atoms with Crippen molar-refractivity contribution in [3.05, 3.63) is 64.2 Å². The van der Waals surface area contributed by atoms with E-state index in [4.69, 9.17) is 4.52 Å². The first-order chi connectivity index (χ1) is 9.81. The van der Waals surface area contributed by atoms with E-state index in [1.807, 2.05) is 19.1 Å². The second-order valence-electron chi connectivity index (χ2n) is 4.70. The van der Waals surface area contributed by atoms with E-state index >= 15 is 0 Å². The fourth-order valence-corrected chi connectivity index (χ4v) is 2.93. The molecule has 0 atom stereocenters. The lowest BCUT2D eigenvalue weighted by atomic mass is 10.1. The van der Waals surface area contributed by atoms with Crippen LogP contribution in [0.5, 0.6) is 0 Å². The summed E-state index contributed by atoms with van der Waals surface area (Å²) in [4.78, 5) is 1.32. The van der Waals surface area contributed by atoms with Gasteiger partial charge in [0.05, 0.1) is 5.69 Å². The van der Waals surface area contributed by atoms with Crippen LogP contribution >= 0.6 is 23.7 Å². The fraction of sp³-hybridized carbons (Fsp3) is 0.188. The Bertz CT molecular complexity index is 678. The van der Waals surface area contributed by atoms with E-state index in [2.05, 4.69) is 46.2 Å². The predicted octanol–water partition coefficient (Wildman–Crippen LogP) is 4.42. The minimum absolute atomic E-state index is 0. The van der Waals surface area contributed by atoms with Crippen molar-refractivity contribution in [1.29, 1.82) is 0 Å². The molecular weight excluding hydrogens is 304 g/mol. The zero-order valence-corrected chi connectivity index (χ0v) is 13.3. The number of thiophene rings is 1. The molecule has 0 fully saturated rings. The molecule has 1 aromatic carbocycles. The largest absolute Gasteiger partial charge is 0.361 e. The van der Waals surface area contributed by atoms with Crippen molar-refractivity contribution >= 4 is 23.7 Å². The third kappa shape index (κ3) is 4.17. The molecule has 0 aliphatic rings. The molecule has 0 aliphatic heterocycles. The summed E-state index contributed by atoms with van der Waals surface area (Å²) in [7, 11) is 0. The summed E-state index contributed by atoms with van der Waals surface area (Å²) in [6.45, 7) is 3.49. The SMILES string of the molecule is Cc1cc(CNCc2cc(-c3ccccc3)cs2)no1.Cl. The number of hydrogen-bond donors (Lipinski definition) is 1. The predicted molar refractivity (Wildman–Crippen MR) is 88.8 cm³/mol. The molecule has 0 unspecified atom stereocenters. The summed E-state index contributed by atoms with van der Waals surface area (Å²) >= 11 is 1.78. The van der Waals surface area contributed by atoms with E-state index in [9.17, 15) is 0 Å². The molecule has 2 aromatic heterocycles. The Morgan fingerprint density at radius 2 is 1.90 bits per heavy atom. The van der Waals surface area contributed by atoms with Gasteiger partial charge < -0.3 is 9.84 Å². The number of nitrogens with zero attached hydrogens (tertiary/aromatic N) is 1. The van der Waals surface area contributed by atoms with Crippen molar-refractivity contribution in [3.8, 4) is 11.1 Å². The molecule has 110 valence electrons. The van der Waals surface area contributed by atoms with E-state index in [-0.39, 0.29) is 12.4 Å². The molecule has 0 amide bonds. The van der Waals surface area contributed by atoms with Gasteiger partial charge in [0.15, 0.2) is 0 Å². The Balaban J connectivity index is 0.00000161. The molecule has 0 bridgehead atoms. The molecule has 2 heterocycles. The molecule has 5 heteroatoms. The van der Waals surface area contributed by atoms with Crippen LogP contribution in [0.25, 0.3) is 11.1 Å². The monoisotopic (exact) mass is 320 g/mol. The van der Waals surface area contributed by atoms with Gasteiger partial charge in [-0.05, 0) is 29.5 Å². The smallest absolute Gasteiger partial charge is 0.133 e. The maximum Gasteiger partial charge on any atom is 0.133 e. The number of rotatable bonds is 5. The van der Waals surface area contributed by atoms with Gasteiger partial charge in [0.25, 0.3) is 0 Å². The summed E-state index contributed by atoms with van der Waals surface area (Å²) < 4.78 is 5.04. The number of halogens is 1. The van der Waals surface area contributed by atoms with Crippen LogP contribution in [-0.2, 0) is 13.1 Å². The van der Waals surface area contributed by atoms with Gasteiger partial charge >= 0.3 is 0 Å². The Morgan fingerprint density at radius 3 is 2.62 bits per heavy atom. The van der Waals surface area contributed by atoms with Crippen LogP contribution in [-0.4, -0.2) is 5.16 Å². The van der Waals surface area contributed by atoms with Gasteiger partial charge in [-0.1, -0.05) is 35.5 Å². The highest BCUT2D eigenvalue weighted by atomic mass is 35.5. The maximum atomic E-state index is 5.04. The van der Waals surface area contributed by atoms with Gasteiger partial charge in [-0.25, -0.2) is 0 Å². The van der Waals surface area contributed by atoms with Crippen LogP contribution in [0, 0.1) is 6.92 Å². The fourth-order valence-electron chi connectivity index (χ4n) is 2.07. The molecule has 3 aromatic rings. The molecule has 0 saturated carbocycles. The minimum atomic E-state index is 0. The molecule has 21 heavy (non-hydrogen) atoms. The molecule has 0 radical (unpaired) electrons. The second-order valence-corrected chi connectivity index (χ2v) is 5.70. The number of nitrogens with one attached hydrogen (secondary N) is 1. The zero-order valence-electron chi connectivity index (χ0n) is 11.7. The van der Waals surface area contributed by atoms with Crippen LogP contribution in [0.15, 0.2) is 52.4 Å². The first-order valence-electron chi connectivity index (χ1n) is 6.57. The number of benzene rings is 1. The van der Waals surface area contributed by atoms with Crippen molar-refractivity contribution in [2.75, 3.05) is 0 Å². The van der Waals surface area contributed by atoms with Crippen LogP contribution in [0.1, 0.15) is 16.3 Å². The van der Waals surface area contributed by atoms with Gasteiger partial charge in [-0.15, -0.1) is 23.7 Å². The molecule has 3 nitrogen and oxygen atoms in total. The average Bonchev–Trinajstić information content (AvgIpc) is 3.09. The summed E-state index contributed by atoms with van der Waals surface area (Å²) in [6.07, 6.45) is 0. The maximum absolute atomic E-state index is 5.04. The Hall–Kier alpha value is -1.62. The summed E-state index contributed by atoms with van der Waals surface area (Å²) in [5.41, 5.74) is 3.49. The van der Waals surface area contributed by atoms with Crippen molar-refractivity contribution < 1.29 is 4.52 Å². The first kappa shape index (κ1) is 15.8. The lowest BCUT2D eigenvalue weighted by molar-refractivity contribution is 0.388. The van der Waals surface area contributed by atoms with Crippen molar-refractivity contribution in [2.24, 2.45) is 0 Å². The molecule has 0 saturated heterocycles. The molecular formula is C16H17ClN2OS. The Kier molecular flexibility index (Phi) is 5.56. The summed E-state index contributed by atoms with van der Waals surface area (Å²) in [6, 6.07) is 14.6. The lowest BCUT2D eigenvalue weighted by Gasteiger charge is -1.99. The minimum Gasteiger partial charge on any atom is -0.361 e. The average molecular weight is 321 g/mol. The topological polar surface area (TPSA) is 38.1 Å². The Labute approximate surface area is 134 Å².